The number of thiophene rings is 1. The summed E-state index contributed by atoms with van der Waals surface area (Å²) in [7, 11) is 1.73. The third-order valence-electron chi connectivity index (χ3n) is 3.68. The Morgan fingerprint density at radius 3 is 2.96 bits per heavy atom. The van der Waals surface area contributed by atoms with Gasteiger partial charge in [0.05, 0.1) is 12.7 Å². The molecule has 7 nitrogen and oxygen atoms in total. The summed E-state index contributed by atoms with van der Waals surface area (Å²) in [5.41, 5.74) is 0.272. The maximum atomic E-state index is 12.5. The van der Waals surface area contributed by atoms with Crippen molar-refractivity contribution in [3.05, 3.63) is 45.3 Å². The second-order valence-corrected chi connectivity index (χ2v) is 6.20. The fraction of sp³-hybridized carbons (Fsp3) is 0.333. The van der Waals surface area contributed by atoms with Crippen LogP contribution in [0.4, 0.5) is 0 Å². The Bertz CT molecular complexity index is 881. The Kier molecular flexibility index (Phi) is 4.24. The van der Waals surface area contributed by atoms with Gasteiger partial charge >= 0.3 is 0 Å². The molecule has 0 bridgehead atoms. The number of carbonyl (C=O) groups excluding carboxylic acids is 1. The zero-order chi connectivity index (χ0) is 16.4. The predicted octanol–water partition coefficient (Wildman–Crippen LogP) is 1.24. The van der Waals surface area contributed by atoms with Crippen molar-refractivity contribution in [3.8, 4) is 0 Å². The minimum Gasteiger partial charge on any atom is -0.336 e. The summed E-state index contributed by atoms with van der Waals surface area (Å²) in [6.45, 7) is 3.06. The summed E-state index contributed by atoms with van der Waals surface area (Å²) in [5, 5.41) is 6.43. The highest BCUT2D eigenvalue weighted by atomic mass is 32.1. The zero-order valence-electron chi connectivity index (χ0n) is 13.0. The molecule has 0 saturated heterocycles. The van der Waals surface area contributed by atoms with E-state index in [0.717, 1.165) is 4.88 Å². The molecule has 0 aromatic carbocycles. The van der Waals surface area contributed by atoms with Crippen LogP contribution in [0.25, 0.3) is 11.0 Å². The van der Waals surface area contributed by atoms with E-state index < -0.39 is 0 Å². The molecule has 0 aliphatic rings. The summed E-state index contributed by atoms with van der Waals surface area (Å²) < 4.78 is 2.88. The van der Waals surface area contributed by atoms with E-state index in [4.69, 9.17) is 0 Å². The molecule has 0 radical (unpaired) electrons. The summed E-state index contributed by atoms with van der Waals surface area (Å²) in [4.78, 5) is 31.9. The van der Waals surface area contributed by atoms with Gasteiger partial charge in [-0.2, -0.15) is 5.10 Å². The number of rotatable bonds is 5. The molecule has 0 atom stereocenters. The topological polar surface area (TPSA) is 73.0 Å². The molecule has 8 heteroatoms. The first-order chi connectivity index (χ1) is 11.1. The van der Waals surface area contributed by atoms with E-state index in [2.05, 4.69) is 10.1 Å². The van der Waals surface area contributed by atoms with E-state index in [1.54, 1.807) is 23.3 Å². The van der Waals surface area contributed by atoms with Crippen molar-refractivity contribution in [1.82, 2.24) is 24.2 Å². The largest absolute Gasteiger partial charge is 0.336 e. The van der Waals surface area contributed by atoms with Gasteiger partial charge in [0.15, 0.2) is 5.65 Å². The van der Waals surface area contributed by atoms with E-state index in [1.165, 1.54) is 21.8 Å². The van der Waals surface area contributed by atoms with Crippen molar-refractivity contribution in [2.75, 3.05) is 6.54 Å². The number of aromatic nitrogens is 4. The Balaban J connectivity index is 1.81. The first-order valence-corrected chi connectivity index (χ1v) is 8.15. The maximum absolute atomic E-state index is 12.5. The van der Waals surface area contributed by atoms with Crippen LogP contribution in [0, 0.1) is 0 Å². The Morgan fingerprint density at radius 1 is 1.43 bits per heavy atom. The van der Waals surface area contributed by atoms with Gasteiger partial charge in [-0.05, 0) is 18.4 Å². The molecular formula is C15H17N5O2S. The van der Waals surface area contributed by atoms with Gasteiger partial charge in [-0.1, -0.05) is 6.07 Å². The van der Waals surface area contributed by atoms with E-state index in [-0.39, 0.29) is 18.0 Å². The highest BCUT2D eigenvalue weighted by Gasteiger charge is 2.16. The van der Waals surface area contributed by atoms with Gasteiger partial charge in [-0.25, -0.2) is 4.98 Å². The molecule has 0 fully saturated rings. The highest BCUT2D eigenvalue weighted by Crippen LogP contribution is 2.12. The van der Waals surface area contributed by atoms with Crippen molar-refractivity contribution >= 4 is 28.3 Å². The number of likely N-dealkylation sites (N-methyl/N-ethyl adjacent to an activating group) is 1. The fourth-order valence-electron chi connectivity index (χ4n) is 2.39. The number of hydrogen-bond donors (Lipinski definition) is 0. The lowest BCUT2D eigenvalue weighted by Gasteiger charge is -2.20. The molecule has 3 heterocycles. The van der Waals surface area contributed by atoms with Gasteiger partial charge in [0.25, 0.3) is 5.56 Å². The molecule has 0 unspecified atom stereocenters. The second-order valence-electron chi connectivity index (χ2n) is 5.17. The van der Waals surface area contributed by atoms with Crippen molar-refractivity contribution in [2.24, 2.45) is 7.05 Å². The molecular weight excluding hydrogens is 314 g/mol. The number of carbonyl (C=O) groups is 1. The van der Waals surface area contributed by atoms with Crippen molar-refractivity contribution in [1.29, 1.82) is 0 Å². The molecule has 0 N–H and O–H groups in total. The number of fused-ring (bicyclic) bond motifs is 1. The lowest BCUT2D eigenvalue weighted by Crippen LogP contribution is -2.36. The van der Waals surface area contributed by atoms with E-state index in [1.807, 2.05) is 24.4 Å². The smallest absolute Gasteiger partial charge is 0.264 e. The molecule has 3 aromatic heterocycles. The quantitative estimate of drug-likeness (QED) is 0.705. The first kappa shape index (κ1) is 15.4. The van der Waals surface area contributed by atoms with E-state index in [0.29, 0.717) is 24.1 Å². The van der Waals surface area contributed by atoms with Crippen LogP contribution < -0.4 is 5.56 Å². The average molecular weight is 331 g/mol. The van der Waals surface area contributed by atoms with Crippen LogP contribution in [0.5, 0.6) is 0 Å². The van der Waals surface area contributed by atoms with Gasteiger partial charge in [0, 0.05) is 18.5 Å². The SMILES string of the molecule is CCN(Cc1cccs1)C(=O)Cn1cnc2c(cnn2C)c1=O. The molecule has 0 aliphatic carbocycles. The first-order valence-electron chi connectivity index (χ1n) is 7.27. The van der Waals surface area contributed by atoms with Gasteiger partial charge in [-0.15, -0.1) is 11.3 Å². The zero-order valence-corrected chi connectivity index (χ0v) is 13.8. The third kappa shape index (κ3) is 3.02. The van der Waals surface area contributed by atoms with Crippen LogP contribution in [0.2, 0.25) is 0 Å². The molecule has 23 heavy (non-hydrogen) atoms. The molecule has 3 aromatic rings. The molecule has 0 saturated carbocycles. The van der Waals surface area contributed by atoms with Gasteiger partial charge in [0.2, 0.25) is 5.91 Å². The Morgan fingerprint density at radius 2 is 2.26 bits per heavy atom. The summed E-state index contributed by atoms with van der Waals surface area (Å²) in [6.07, 6.45) is 2.89. The van der Waals surface area contributed by atoms with E-state index in [9.17, 15) is 9.59 Å². The van der Waals surface area contributed by atoms with E-state index >= 15 is 0 Å². The van der Waals surface area contributed by atoms with Crippen LogP contribution >= 0.6 is 11.3 Å². The standard InChI is InChI=1S/C15H17N5O2S/c1-3-19(8-11-5-4-6-23-11)13(21)9-20-10-16-14-12(15(20)22)7-17-18(14)2/h4-7,10H,3,8-9H2,1-2H3. The lowest BCUT2D eigenvalue weighted by molar-refractivity contribution is -0.132. The van der Waals surface area contributed by atoms with Crippen molar-refractivity contribution < 1.29 is 4.79 Å². The molecule has 3 rings (SSSR count). The predicted molar refractivity (Wildman–Crippen MR) is 88.2 cm³/mol. The summed E-state index contributed by atoms with van der Waals surface area (Å²) in [5.74, 6) is -0.104. The monoisotopic (exact) mass is 331 g/mol. The molecule has 120 valence electrons. The fourth-order valence-corrected chi connectivity index (χ4v) is 3.11. The van der Waals surface area contributed by atoms with Gasteiger partial charge in [0.1, 0.15) is 18.3 Å². The van der Waals surface area contributed by atoms with Crippen LogP contribution in [-0.4, -0.2) is 36.7 Å². The van der Waals surface area contributed by atoms with Gasteiger partial charge < -0.3 is 4.90 Å². The minimum atomic E-state index is -0.247. The molecule has 0 spiro atoms. The number of nitrogens with zero attached hydrogens (tertiary/aromatic N) is 5. The van der Waals surface area contributed by atoms with Crippen LogP contribution in [0.15, 0.2) is 34.8 Å². The lowest BCUT2D eigenvalue weighted by atomic mass is 10.3. The maximum Gasteiger partial charge on any atom is 0.264 e. The average Bonchev–Trinajstić information content (AvgIpc) is 3.18. The number of aryl methyl sites for hydroxylation is 1. The van der Waals surface area contributed by atoms with Crippen LogP contribution in [0.1, 0.15) is 11.8 Å². The minimum absolute atomic E-state index is 0.0180. The van der Waals surface area contributed by atoms with Crippen molar-refractivity contribution in [3.63, 3.8) is 0 Å². The third-order valence-corrected chi connectivity index (χ3v) is 4.55. The Labute approximate surface area is 136 Å². The van der Waals surface area contributed by atoms with Crippen LogP contribution in [0.3, 0.4) is 0 Å². The normalized spacial score (nSPS) is 11.0. The Hall–Kier alpha value is -2.48. The second kappa shape index (κ2) is 6.33. The summed E-state index contributed by atoms with van der Waals surface area (Å²) >= 11 is 1.61. The highest BCUT2D eigenvalue weighted by molar-refractivity contribution is 7.09. The summed E-state index contributed by atoms with van der Waals surface area (Å²) in [6, 6.07) is 3.96. The van der Waals surface area contributed by atoms with Crippen molar-refractivity contribution in [2.45, 2.75) is 20.0 Å². The van der Waals surface area contributed by atoms with Gasteiger partial charge in [-0.3, -0.25) is 18.8 Å². The van der Waals surface area contributed by atoms with Crippen LogP contribution in [-0.2, 0) is 24.9 Å². The molecule has 1 amide bonds. The number of hydrogen-bond acceptors (Lipinski definition) is 5. The molecule has 0 aliphatic heterocycles. The number of amides is 1.